The zero-order valence-corrected chi connectivity index (χ0v) is 12.8. The highest BCUT2D eigenvalue weighted by Gasteiger charge is 2.33. The van der Waals surface area contributed by atoms with E-state index in [1.54, 1.807) is 11.1 Å². The number of benzene rings is 1. The number of hydrogen-bond acceptors (Lipinski definition) is 1. The first kappa shape index (κ1) is 14.9. The molecule has 1 nitrogen and oxygen atoms in total. The third-order valence-electron chi connectivity index (χ3n) is 4.89. The number of rotatable bonds is 3. The van der Waals surface area contributed by atoms with Gasteiger partial charge in [-0.15, -0.1) is 12.4 Å². The van der Waals surface area contributed by atoms with E-state index in [-0.39, 0.29) is 12.4 Å². The normalized spacial score (nSPS) is 26.2. The number of unbranched alkanes of at least 4 members (excludes halogenated alkanes) is 1. The van der Waals surface area contributed by atoms with Crippen LogP contribution in [-0.4, -0.2) is 24.5 Å². The SMILES string of the molecule is CCCCN1CC[C@@H]2c3ccccc3CC[C@@H]2C1.Cl. The highest BCUT2D eigenvalue weighted by Crippen LogP contribution is 2.41. The van der Waals surface area contributed by atoms with Crippen LogP contribution in [0.2, 0.25) is 0 Å². The summed E-state index contributed by atoms with van der Waals surface area (Å²) in [6.45, 7) is 6.28. The van der Waals surface area contributed by atoms with Gasteiger partial charge in [-0.25, -0.2) is 0 Å². The monoisotopic (exact) mass is 279 g/mol. The quantitative estimate of drug-likeness (QED) is 0.799. The van der Waals surface area contributed by atoms with Gasteiger partial charge in [-0.05, 0) is 61.7 Å². The fourth-order valence-corrected chi connectivity index (χ4v) is 3.86. The molecule has 1 saturated heterocycles. The molecule has 2 aliphatic rings. The number of nitrogens with zero attached hydrogens (tertiary/aromatic N) is 1. The van der Waals surface area contributed by atoms with Crippen LogP contribution in [0.15, 0.2) is 24.3 Å². The molecular formula is C17H26ClN. The molecule has 0 radical (unpaired) electrons. The van der Waals surface area contributed by atoms with Crippen LogP contribution in [-0.2, 0) is 6.42 Å². The second-order valence-corrected chi connectivity index (χ2v) is 6.05. The van der Waals surface area contributed by atoms with Crippen molar-refractivity contribution in [2.75, 3.05) is 19.6 Å². The number of likely N-dealkylation sites (tertiary alicyclic amines) is 1. The largest absolute Gasteiger partial charge is 0.303 e. The van der Waals surface area contributed by atoms with Gasteiger partial charge in [-0.2, -0.15) is 0 Å². The molecule has 3 rings (SSSR count). The maximum absolute atomic E-state index is 2.71. The Morgan fingerprint density at radius 3 is 2.89 bits per heavy atom. The molecule has 2 atom stereocenters. The predicted molar refractivity (Wildman–Crippen MR) is 84.2 cm³/mol. The van der Waals surface area contributed by atoms with E-state index in [0.717, 1.165) is 11.8 Å². The van der Waals surface area contributed by atoms with Gasteiger partial charge >= 0.3 is 0 Å². The molecule has 0 spiro atoms. The average Bonchev–Trinajstić information content (AvgIpc) is 2.44. The first-order valence-electron chi connectivity index (χ1n) is 7.68. The Morgan fingerprint density at radius 1 is 1.21 bits per heavy atom. The second kappa shape index (κ2) is 6.76. The van der Waals surface area contributed by atoms with Crippen molar-refractivity contribution in [1.82, 2.24) is 4.90 Å². The molecule has 0 bridgehead atoms. The minimum atomic E-state index is 0. The Bertz CT molecular complexity index is 404. The summed E-state index contributed by atoms with van der Waals surface area (Å²) < 4.78 is 0. The van der Waals surface area contributed by atoms with Crippen molar-refractivity contribution >= 4 is 12.4 Å². The number of aryl methyl sites for hydroxylation is 1. The highest BCUT2D eigenvalue weighted by atomic mass is 35.5. The predicted octanol–water partition coefficient (Wildman–Crippen LogP) is 4.26. The third-order valence-corrected chi connectivity index (χ3v) is 4.89. The van der Waals surface area contributed by atoms with E-state index in [0.29, 0.717) is 0 Å². The van der Waals surface area contributed by atoms with Gasteiger partial charge in [-0.1, -0.05) is 37.6 Å². The molecule has 2 heteroatoms. The number of piperidine rings is 1. The lowest BCUT2D eigenvalue weighted by molar-refractivity contribution is 0.139. The minimum Gasteiger partial charge on any atom is -0.303 e. The van der Waals surface area contributed by atoms with Crippen LogP contribution in [0, 0.1) is 5.92 Å². The van der Waals surface area contributed by atoms with Crippen molar-refractivity contribution in [3.63, 3.8) is 0 Å². The molecule has 0 aromatic heterocycles. The van der Waals surface area contributed by atoms with Crippen LogP contribution in [0.3, 0.4) is 0 Å². The molecule has 1 aromatic carbocycles. The van der Waals surface area contributed by atoms with Crippen molar-refractivity contribution in [3.05, 3.63) is 35.4 Å². The molecule has 1 aromatic rings. The molecule has 1 heterocycles. The van der Waals surface area contributed by atoms with Gasteiger partial charge in [0.2, 0.25) is 0 Å². The molecule has 0 N–H and O–H groups in total. The number of halogens is 1. The third kappa shape index (κ3) is 3.14. The highest BCUT2D eigenvalue weighted by molar-refractivity contribution is 5.85. The van der Waals surface area contributed by atoms with Crippen LogP contribution in [0.1, 0.15) is 49.7 Å². The van der Waals surface area contributed by atoms with Crippen molar-refractivity contribution in [1.29, 1.82) is 0 Å². The topological polar surface area (TPSA) is 3.24 Å². The number of fused-ring (bicyclic) bond motifs is 3. The maximum Gasteiger partial charge on any atom is 0.00156 e. The minimum absolute atomic E-state index is 0. The average molecular weight is 280 g/mol. The summed E-state index contributed by atoms with van der Waals surface area (Å²) in [7, 11) is 0. The Labute approximate surface area is 123 Å². The van der Waals surface area contributed by atoms with Crippen LogP contribution in [0.5, 0.6) is 0 Å². The van der Waals surface area contributed by atoms with Gasteiger partial charge in [0.25, 0.3) is 0 Å². The van der Waals surface area contributed by atoms with Gasteiger partial charge in [0.05, 0.1) is 0 Å². The summed E-state index contributed by atoms with van der Waals surface area (Å²) in [4.78, 5) is 2.71. The zero-order chi connectivity index (χ0) is 12.4. The molecule has 0 unspecified atom stereocenters. The standard InChI is InChI=1S/C17H25N.ClH/c1-2-3-11-18-12-10-17-15(13-18)9-8-14-6-4-5-7-16(14)17;/h4-7,15,17H,2-3,8-13H2,1H3;1H/t15-,17+;/m1./s1. The van der Waals surface area contributed by atoms with Crippen LogP contribution in [0.25, 0.3) is 0 Å². The van der Waals surface area contributed by atoms with Crippen molar-refractivity contribution in [2.24, 2.45) is 5.92 Å². The Hall–Kier alpha value is -0.530. The fraction of sp³-hybridized carbons (Fsp3) is 0.647. The maximum atomic E-state index is 2.71. The van der Waals surface area contributed by atoms with Crippen LogP contribution < -0.4 is 0 Å². The second-order valence-electron chi connectivity index (χ2n) is 6.05. The van der Waals surface area contributed by atoms with Gasteiger partial charge in [0.15, 0.2) is 0 Å². The van der Waals surface area contributed by atoms with Crippen LogP contribution >= 0.6 is 12.4 Å². The molecule has 1 aliphatic carbocycles. The summed E-state index contributed by atoms with van der Waals surface area (Å²) in [5.41, 5.74) is 3.30. The van der Waals surface area contributed by atoms with Crippen molar-refractivity contribution in [3.8, 4) is 0 Å². The van der Waals surface area contributed by atoms with E-state index in [9.17, 15) is 0 Å². The van der Waals surface area contributed by atoms with Gasteiger partial charge in [0, 0.05) is 6.54 Å². The Kier molecular flexibility index (Phi) is 5.29. The summed E-state index contributed by atoms with van der Waals surface area (Å²) in [5, 5.41) is 0. The van der Waals surface area contributed by atoms with E-state index in [1.807, 2.05) is 0 Å². The van der Waals surface area contributed by atoms with E-state index < -0.39 is 0 Å². The lowest BCUT2D eigenvalue weighted by atomic mass is 9.71. The first-order chi connectivity index (χ1) is 8.88. The fourth-order valence-electron chi connectivity index (χ4n) is 3.86. The summed E-state index contributed by atoms with van der Waals surface area (Å²) >= 11 is 0. The summed E-state index contributed by atoms with van der Waals surface area (Å²) in [6.07, 6.45) is 6.79. The van der Waals surface area contributed by atoms with E-state index in [2.05, 4.69) is 36.1 Å². The lowest BCUT2D eigenvalue weighted by Gasteiger charge is -2.42. The van der Waals surface area contributed by atoms with Gasteiger partial charge in [-0.3, -0.25) is 0 Å². The molecule has 1 fully saturated rings. The van der Waals surface area contributed by atoms with E-state index >= 15 is 0 Å². The van der Waals surface area contributed by atoms with Gasteiger partial charge < -0.3 is 4.90 Å². The van der Waals surface area contributed by atoms with Crippen molar-refractivity contribution in [2.45, 2.75) is 44.9 Å². The van der Waals surface area contributed by atoms with Crippen LogP contribution in [0.4, 0.5) is 0 Å². The molecule has 0 saturated carbocycles. The van der Waals surface area contributed by atoms with E-state index in [1.165, 1.54) is 51.7 Å². The van der Waals surface area contributed by atoms with Gasteiger partial charge in [0.1, 0.15) is 0 Å². The molecule has 106 valence electrons. The molecule has 0 amide bonds. The lowest BCUT2D eigenvalue weighted by Crippen LogP contribution is -2.41. The Morgan fingerprint density at radius 2 is 2.05 bits per heavy atom. The summed E-state index contributed by atoms with van der Waals surface area (Å²) in [6, 6.07) is 9.16. The number of hydrogen-bond donors (Lipinski definition) is 0. The van der Waals surface area contributed by atoms with Crippen molar-refractivity contribution < 1.29 is 0 Å². The summed E-state index contributed by atoms with van der Waals surface area (Å²) in [5.74, 6) is 1.78. The first-order valence-corrected chi connectivity index (χ1v) is 7.68. The van der Waals surface area contributed by atoms with E-state index in [4.69, 9.17) is 0 Å². The Balaban J connectivity index is 0.00000133. The molecular weight excluding hydrogens is 254 g/mol. The smallest absolute Gasteiger partial charge is 0.00156 e. The molecule has 19 heavy (non-hydrogen) atoms. The zero-order valence-electron chi connectivity index (χ0n) is 12.0. The molecule has 1 aliphatic heterocycles.